The van der Waals surface area contributed by atoms with Crippen LogP contribution in [0.3, 0.4) is 0 Å². The summed E-state index contributed by atoms with van der Waals surface area (Å²) in [6.45, 7) is 8.25. The van der Waals surface area contributed by atoms with E-state index in [1.54, 1.807) is 23.5 Å². The van der Waals surface area contributed by atoms with Gasteiger partial charge in [0.15, 0.2) is 0 Å². The molecule has 0 amide bonds. The molecular formula is C19H38N3O5S2-. The summed E-state index contributed by atoms with van der Waals surface area (Å²) in [5, 5.41) is 32.1. The third-order valence-corrected chi connectivity index (χ3v) is 7.95. The van der Waals surface area contributed by atoms with Gasteiger partial charge in [-0.1, -0.05) is 32.8 Å². The maximum atomic E-state index is 9.93. The van der Waals surface area contributed by atoms with Crippen LogP contribution in [-0.4, -0.2) is 76.3 Å². The summed E-state index contributed by atoms with van der Waals surface area (Å²) in [5.41, 5.74) is 8.40. The molecule has 4 unspecified atom stereocenters. The van der Waals surface area contributed by atoms with Crippen molar-refractivity contribution in [3.63, 3.8) is 0 Å². The highest BCUT2D eigenvalue weighted by Gasteiger charge is 2.40. The van der Waals surface area contributed by atoms with Gasteiger partial charge in [-0.05, 0) is 41.7 Å². The summed E-state index contributed by atoms with van der Waals surface area (Å²) in [5.74, 6) is 0.976. The monoisotopic (exact) mass is 452 g/mol. The number of nitrogens with zero attached hydrogens (tertiary/aromatic N) is 3. The fourth-order valence-electron chi connectivity index (χ4n) is 3.51. The number of aliphatic hydroxyl groups is 3. The molecule has 0 aliphatic carbocycles. The first kappa shape index (κ1) is 28.8. The molecule has 172 valence electrons. The van der Waals surface area contributed by atoms with Crippen LogP contribution in [0, 0.1) is 31.1 Å². The van der Waals surface area contributed by atoms with E-state index in [1.807, 2.05) is 26.4 Å². The van der Waals surface area contributed by atoms with Gasteiger partial charge in [-0.15, -0.1) is 23.5 Å². The normalized spacial score (nSPS) is 42.0. The molecule has 0 radical (unpaired) electrons. The van der Waals surface area contributed by atoms with E-state index in [9.17, 15) is 10.2 Å². The van der Waals surface area contributed by atoms with E-state index in [-0.39, 0.29) is 49.4 Å². The number of thioether (sulfide) groups is 2. The van der Waals surface area contributed by atoms with Gasteiger partial charge in [0.25, 0.3) is 0 Å². The van der Waals surface area contributed by atoms with Crippen molar-refractivity contribution in [2.45, 2.75) is 63.0 Å². The number of hydrogen-bond donors (Lipinski definition) is 3. The maximum Gasteiger partial charge on any atom is 0.108 e. The van der Waals surface area contributed by atoms with E-state index < -0.39 is 18.3 Å². The van der Waals surface area contributed by atoms with Crippen molar-refractivity contribution >= 4 is 23.5 Å². The molecule has 2 aliphatic heterocycles. The van der Waals surface area contributed by atoms with E-state index in [1.165, 1.54) is 0 Å². The Kier molecular flexibility index (Phi) is 13.9. The van der Waals surface area contributed by atoms with Gasteiger partial charge in [-0.25, -0.2) is 0 Å². The molecule has 10 atom stereocenters. The van der Waals surface area contributed by atoms with Gasteiger partial charge in [0.2, 0.25) is 0 Å². The highest BCUT2D eigenvalue weighted by molar-refractivity contribution is 7.99. The molecule has 0 saturated carbocycles. The van der Waals surface area contributed by atoms with Crippen molar-refractivity contribution in [3.8, 4) is 0 Å². The SMILES string of the molecule is CS[C@@H]1OC(CN=[N+]=[N-])[C@@H](O)[C@H](C)C1C.CS[C@@H]1OC(CO)[C@@H](O)[C@H](C)C1C.[CH3-]. The van der Waals surface area contributed by atoms with Crippen LogP contribution in [0.5, 0.6) is 0 Å². The molecule has 2 rings (SSSR count). The first-order chi connectivity index (χ1) is 13.2. The lowest BCUT2D eigenvalue weighted by Crippen LogP contribution is -2.49. The third-order valence-electron chi connectivity index (χ3n) is 5.94. The second-order valence-electron chi connectivity index (χ2n) is 7.57. The van der Waals surface area contributed by atoms with Crippen molar-refractivity contribution in [1.82, 2.24) is 0 Å². The quantitative estimate of drug-likeness (QED) is 0.253. The van der Waals surface area contributed by atoms with Crippen LogP contribution in [0.2, 0.25) is 0 Å². The molecule has 0 bridgehead atoms. The molecule has 3 N–H and O–H groups in total. The highest BCUT2D eigenvalue weighted by Crippen LogP contribution is 2.36. The number of rotatable bonds is 5. The lowest BCUT2D eigenvalue weighted by molar-refractivity contribution is -0.152. The van der Waals surface area contributed by atoms with Crippen LogP contribution in [0.25, 0.3) is 10.4 Å². The number of ether oxygens (including phenoxy) is 2. The molecule has 2 saturated heterocycles. The van der Waals surface area contributed by atoms with Crippen molar-refractivity contribution in [1.29, 1.82) is 0 Å². The second-order valence-corrected chi connectivity index (χ2v) is 9.44. The Bertz CT molecular complexity index is 490. The second kappa shape index (κ2) is 14.0. The van der Waals surface area contributed by atoms with Crippen LogP contribution in [0.4, 0.5) is 0 Å². The summed E-state index contributed by atoms with van der Waals surface area (Å²) in [4.78, 5) is 2.69. The van der Waals surface area contributed by atoms with Crippen LogP contribution in [-0.2, 0) is 9.47 Å². The molecule has 2 heterocycles. The first-order valence-electron chi connectivity index (χ1n) is 9.57. The Balaban J connectivity index is 0.000000527. The summed E-state index contributed by atoms with van der Waals surface area (Å²) in [6, 6.07) is 0. The lowest BCUT2D eigenvalue weighted by Gasteiger charge is -2.41. The molecule has 8 nitrogen and oxygen atoms in total. The van der Waals surface area contributed by atoms with Crippen LogP contribution in [0.1, 0.15) is 27.7 Å². The molecule has 0 spiro atoms. The van der Waals surface area contributed by atoms with Crippen LogP contribution in [0.15, 0.2) is 5.11 Å². The fourth-order valence-corrected chi connectivity index (χ4v) is 5.37. The number of hydrogen-bond acceptors (Lipinski definition) is 8. The molecule has 2 aliphatic rings. The lowest BCUT2D eigenvalue weighted by atomic mass is 9.86. The van der Waals surface area contributed by atoms with Crippen LogP contribution >= 0.6 is 23.5 Å². The predicted octanol–water partition coefficient (Wildman–Crippen LogP) is 3.17. The van der Waals surface area contributed by atoms with E-state index in [0.29, 0.717) is 11.8 Å². The minimum Gasteiger partial charge on any atom is -0.394 e. The maximum absolute atomic E-state index is 9.93. The van der Waals surface area contributed by atoms with Gasteiger partial charge >= 0.3 is 0 Å². The standard InChI is InChI=1S/C9H17N3O2S.C9H18O3S.CH3/c1-5-6(2)9(15-3)14-7(8(5)13)4-11-12-10;1-5-6(2)9(13-3)12-7(4-10)8(5)11;/h5-9,13H,4H2,1-3H3;5-11H,4H2,1-3H3;1H3/q;;-1/t2*5-,6?,7?,8+,9+;/m11./s1. The summed E-state index contributed by atoms with van der Waals surface area (Å²) >= 11 is 3.26. The third kappa shape index (κ3) is 7.47. The number of aliphatic hydroxyl groups excluding tert-OH is 3. The largest absolute Gasteiger partial charge is 0.394 e. The molecule has 2 fully saturated rings. The van der Waals surface area contributed by atoms with Gasteiger partial charge in [0, 0.05) is 4.91 Å². The van der Waals surface area contributed by atoms with Crippen molar-refractivity contribution in [3.05, 3.63) is 17.9 Å². The predicted molar refractivity (Wildman–Crippen MR) is 121 cm³/mol. The molecule has 0 aromatic heterocycles. The highest BCUT2D eigenvalue weighted by atomic mass is 32.2. The van der Waals surface area contributed by atoms with E-state index >= 15 is 0 Å². The summed E-state index contributed by atoms with van der Waals surface area (Å²) in [6.07, 6.45) is 2.10. The van der Waals surface area contributed by atoms with Gasteiger partial charge in [-0.2, -0.15) is 0 Å². The van der Waals surface area contributed by atoms with Crippen molar-refractivity contribution < 1.29 is 24.8 Å². The zero-order valence-electron chi connectivity index (χ0n) is 18.5. The van der Waals surface area contributed by atoms with E-state index in [2.05, 4.69) is 23.9 Å². The molecule has 0 aromatic rings. The van der Waals surface area contributed by atoms with Gasteiger partial charge in [0.1, 0.15) is 17.0 Å². The van der Waals surface area contributed by atoms with E-state index in [4.69, 9.17) is 20.1 Å². The summed E-state index contributed by atoms with van der Waals surface area (Å²) in [7, 11) is 0. The minimum absolute atomic E-state index is 0. The Hall–Kier alpha value is -0.190. The number of azide groups is 1. The average Bonchev–Trinajstić information content (AvgIpc) is 2.70. The Morgan fingerprint density at radius 2 is 1.28 bits per heavy atom. The van der Waals surface area contributed by atoms with Gasteiger partial charge in [0.05, 0.1) is 31.5 Å². The molecule has 29 heavy (non-hydrogen) atoms. The molecule has 10 heteroatoms. The Morgan fingerprint density at radius 1 is 0.862 bits per heavy atom. The Morgan fingerprint density at radius 3 is 1.66 bits per heavy atom. The smallest absolute Gasteiger partial charge is 0.108 e. The van der Waals surface area contributed by atoms with E-state index in [0.717, 1.165) is 0 Å². The topological polar surface area (TPSA) is 128 Å². The van der Waals surface area contributed by atoms with Crippen molar-refractivity contribution in [2.24, 2.45) is 28.8 Å². The first-order valence-corrected chi connectivity index (χ1v) is 12.1. The van der Waals surface area contributed by atoms with Gasteiger partial charge < -0.3 is 32.2 Å². The Labute approximate surface area is 183 Å². The zero-order valence-corrected chi connectivity index (χ0v) is 20.1. The van der Waals surface area contributed by atoms with Crippen LogP contribution < -0.4 is 0 Å². The van der Waals surface area contributed by atoms with Gasteiger partial charge in [-0.3, -0.25) is 0 Å². The molecular weight excluding hydrogens is 414 g/mol. The average molecular weight is 453 g/mol. The van der Waals surface area contributed by atoms with Crippen molar-refractivity contribution in [2.75, 3.05) is 25.7 Å². The fraction of sp³-hybridized carbons (Fsp3) is 0.947. The minimum atomic E-state index is -0.547. The zero-order chi connectivity index (χ0) is 21.4. The summed E-state index contributed by atoms with van der Waals surface area (Å²) < 4.78 is 11.2. The molecule has 0 aromatic carbocycles.